The van der Waals surface area contributed by atoms with Crippen LogP contribution in [0.2, 0.25) is 0 Å². The van der Waals surface area contributed by atoms with Crippen LogP contribution in [0, 0.1) is 11.8 Å². The van der Waals surface area contributed by atoms with Crippen molar-refractivity contribution in [2.24, 2.45) is 11.8 Å². The van der Waals surface area contributed by atoms with Crippen molar-refractivity contribution in [2.45, 2.75) is 77.8 Å². The van der Waals surface area contributed by atoms with Gasteiger partial charge in [-0.05, 0) is 38.5 Å². The first-order chi connectivity index (χ1) is 9.08. The number of hydrogen-bond donors (Lipinski definition) is 1. The van der Waals surface area contributed by atoms with E-state index in [9.17, 15) is 9.59 Å². The van der Waals surface area contributed by atoms with Crippen molar-refractivity contribution in [3.05, 3.63) is 0 Å². The van der Waals surface area contributed by atoms with Crippen molar-refractivity contribution in [1.29, 1.82) is 0 Å². The van der Waals surface area contributed by atoms with Gasteiger partial charge >= 0.3 is 0 Å². The molecule has 19 heavy (non-hydrogen) atoms. The SMILES string of the molecule is CCC[C@@H](C[C@@H](C=O)NC1CCCCC1C)C(C)=O. The van der Waals surface area contributed by atoms with Crippen LogP contribution in [-0.4, -0.2) is 24.2 Å². The number of aldehydes is 1. The van der Waals surface area contributed by atoms with Gasteiger partial charge in [0.25, 0.3) is 0 Å². The molecule has 0 bridgehead atoms. The third-order valence-corrected chi connectivity index (χ3v) is 4.45. The normalized spacial score (nSPS) is 26.7. The molecule has 0 aliphatic heterocycles. The molecule has 1 fully saturated rings. The molecule has 3 nitrogen and oxygen atoms in total. The molecule has 3 heteroatoms. The fourth-order valence-electron chi connectivity index (χ4n) is 3.14. The molecular weight excluding hydrogens is 238 g/mol. The van der Waals surface area contributed by atoms with E-state index in [1.165, 1.54) is 19.3 Å². The smallest absolute Gasteiger partial charge is 0.136 e. The van der Waals surface area contributed by atoms with E-state index in [0.29, 0.717) is 18.4 Å². The van der Waals surface area contributed by atoms with Gasteiger partial charge in [0.1, 0.15) is 12.1 Å². The standard InChI is InChI=1S/C16H29NO2/c1-4-7-14(13(3)19)10-15(11-18)17-16-9-6-5-8-12(16)2/h11-12,14-17H,4-10H2,1-3H3/t12?,14-,15-,16?/m0/s1. The largest absolute Gasteiger partial charge is 0.305 e. The minimum absolute atomic E-state index is 0.0339. The molecule has 0 spiro atoms. The Hall–Kier alpha value is -0.700. The Morgan fingerprint density at radius 3 is 2.58 bits per heavy atom. The lowest BCUT2D eigenvalue weighted by Crippen LogP contribution is -2.45. The van der Waals surface area contributed by atoms with Crippen LogP contribution in [0.25, 0.3) is 0 Å². The van der Waals surface area contributed by atoms with Gasteiger partial charge in [-0.2, -0.15) is 0 Å². The summed E-state index contributed by atoms with van der Waals surface area (Å²) in [7, 11) is 0. The Labute approximate surface area is 117 Å². The number of nitrogens with one attached hydrogen (secondary N) is 1. The molecule has 0 aromatic heterocycles. The van der Waals surface area contributed by atoms with Crippen LogP contribution in [0.5, 0.6) is 0 Å². The summed E-state index contributed by atoms with van der Waals surface area (Å²) in [5.74, 6) is 0.886. The van der Waals surface area contributed by atoms with E-state index in [-0.39, 0.29) is 17.7 Å². The first-order valence-electron chi connectivity index (χ1n) is 7.80. The number of hydrogen-bond acceptors (Lipinski definition) is 3. The van der Waals surface area contributed by atoms with Crippen LogP contribution in [-0.2, 0) is 9.59 Å². The zero-order valence-corrected chi connectivity index (χ0v) is 12.7. The molecule has 110 valence electrons. The molecule has 1 N–H and O–H groups in total. The van der Waals surface area contributed by atoms with Gasteiger partial charge in [0.05, 0.1) is 6.04 Å². The molecule has 2 unspecified atom stereocenters. The van der Waals surface area contributed by atoms with Crippen LogP contribution in [0.4, 0.5) is 0 Å². The second kappa shape index (κ2) is 8.47. The lowest BCUT2D eigenvalue weighted by molar-refractivity contribution is -0.121. The second-order valence-corrected chi connectivity index (χ2v) is 6.11. The molecular formula is C16H29NO2. The highest BCUT2D eigenvalue weighted by Crippen LogP contribution is 2.25. The molecule has 0 heterocycles. The van der Waals surface area contributed by atoms with Crippen LogP contribution >= 0.6 is 0 Å². The van der Waals surface area contributed by atoms with E-state index >= 15 is 0 Å². The zero-order valence-electron chi connectivity index (χ0n) is 12.7. The monoisotopic (exact) mass is 267 g/mol. The highest BCUT2D eigenvalue weighted by molar-refractivity contribution is 5.78. The second-order valence-electron chi connectivity index (χ2n) is 6.11. The van der Waals surface area contributed by atoms with Gasteiger partial charge in [-0.1, -0.05) is 33.1 Å². The van der Waals surface area contributed by atoms with E-state index in [4.69, 9.17) is 0 Å². The summed E-state index contributed by atoms with van der Waals surface area (Å²) in [4.78, 5) is 22.9. The van der Waals surface area contributed by atoms with Gasteiger partial charge in [0, 0.05) is 12.0 Å². The molecule has 0 aromatic carbocycles. The average molecular weight is 267 g/mol. The van der Waals surface area contributed by atoms with Crippen molar-refractivity contribution in [1.82, 2.24) is 5.32 Å². The summed E-state index contributed by atoms with van der Waals surface area (Å²) in [5.41, 5.74) is 0. The highest BCUT2D eigenvalue weighted by atomic mass is 16.1. The predicted octanol–water partition coefficient (Wildman–Crippen LogP) is 3.12. The van der Waals surface area contributed by atoms with Crippen molar-refractivity contribution in [3.8, 4) is 0 Å². The maximum atomic E-state index is 11.6. The lowest BCUT2D eigenvalue weighted by atomic mass is 9.84. The minimum Gasteiger partial charge on any atom is -0.305 e. The fourth-order valence-corrected chi connectivity index (χ4v) is 3.14. The van der Waals surface area contributed by atoms with Crippen molar-refractivity contribution < 1.29 is 9.59 Å². The Bertz CT molecular complexity index is 290. The van der Waals surface area contributed by atoms with Crippen LogP contribution in [0.15, 0.2) is 0 Å². The third kappa shape index (κ3) is 5.43. The first-order valence-corrected chi connectivity index (χ1v) is 7.80. The number of Topliss-reactive ketones (excluding diaryl/α,β-unsaturated/α-hetero) is 1. The fraction of sp³-hybridized carbons (Fsp3) is 0.875. The molecule has 1 aliphatic carbocycles. The third-order valence-electron chi connectivity index (χ3n) is 4.45. The molecule has 1 saturated carbocycles. The van der Waals surface area contributed by atoms with E-state index in [2.05, 4.69) is 19.2 Å². The van der Waals surface area contributed by atoms with Gasteiger partial charge < -0.3 is 10.1 Å². The Kier molecular flexibility index (Phi) is 7.29. The Morgan fingerprint density at radius 1 is 1.37 bits per heavy atom. The van der Waals surface area contributed by atoms with Crippen molar-refractivity contribution in [3.63, 3.8) is 0 Å². The number of ketones is 1. The van der Waals surface area contributed by atoms with E-state index in [1.807, 2.05) is 0 Å². The van der Waals surface area contributed by atoms with Gasteiger partial charge in [0.15, 0.2) is 0 Å². The molecule has 0 saturated heterocycles. The van der Waals surface area contributed by atoms with Crippen LogP contribution in [0.1, 0.15) is 65.7 Å². The first kappa shape index (κ1) is 16.4. The van der Waals surface area contributed by atoms with E-state index < -0.39 is 0 Å². The molecule has 0 aromatic rings. The molecule has 1 aliphatic rings. The Morgan fingerprint density at radius 2 is 2.05 bits per heavy atom. The topological polar surface area (TPSA) is 46.2 Å². The number of carbonyl (C=O) groups is 2. The number of rotatable bonds is 8. The summed E-state index contributed by atoms with van der Waals surface area (Å²) in [6.45, 7) is 5.99. The minimum atomic E-state index is -0.161. The maximum absolute atomic E-state index is 11.6. The Balaban J connectivity index is 2.51. The van der Waals surface area contributed by atoms with Gasteiger partial charge in [-0.15, -0.1) is 0 Å². The summed E-state index contributed by atoms with van der Waals surface area (Å²) in [5, 5.41) is 3.48. The van der Waals surface area contributed by atoms with Gasteiger partial charge in [0.2, 0.25) is 0 Å². The van der Waals surface area contributed by atoms with E-state index in [1.54, 1.807) is 6.92 Å². The average Bonchev–Trinajstić information content (AvgIpc) is 2.39. The summed E-state index contributed by atoms with van der Waals surface area (Å²) >= 11 is 0. The van der Waals surface area contributed by atoms with Crippen LogP contribution in [0.3, 0.4) is 0 Å². The van der Waals surface area contributed by atoms with Crippen LogP contribution < -0.4 is 5.32 Å². The lowest BCUT2D eigenvalue weighted by Gasteiger charge is -2.32. The molecule has 4 atom stereocenters. The summed E-state index contributed by atoms with van der Waals surface area (Å²) in [6.07, 6.45) is 8.49. The molecule has 0 amide bonds. The van der Waals surface area contributed by atoms with E-state index in [0.717, 1.165) is 25.5 Å². The highest BCUT2D eigenvalue weighted by Gasteiger charge is 2.26. The quantitative estimate of drug-likeness (QED) is 0.687. The van der Waals surface area contributed by atoms with Crippen molar-refractivity contribution >= 4 is 12.1 Å². The predicted molar refractivity (Wildman–Crippen MR) is 78.1 cm³/mol. The summed E-state index contributed by atoms with van der Waals surface area (Å²) in [6, 6.07) is 0.282. The zero-order chi connectivity index (χ0) is 14.3. The number of carbonyl (C=O) groups excluding carboxylic acids is 2. The van der Waals surface area contributed by atoms with Gasteiger partial charge in [-0.25, -0.2) is 0 Å². The molecule has 0 radical (unpaired) electrons. The van der Waals surface area contributed by atoms with Crippen molar-refractivity contribution in [2.75, 3.05) is 0 Å². The molecule has 1 rings (SSSR count). The summed E-state index contributed by atoms with van der Waals surface area (Å²) < 4.78 is 0. The maximum Gasteiger partial charge on any atom is 0.136 e. The van der Waals surface area contributed by atoms with Gasteiger partial charge in [-0.3, -0.25) is 4.79 Å².